The van der Waals surface area contributed by atoms with Gasteiger partial charge in [0.2, 0.25) is 0 Å². The number of nitrogens with two attached hydrogens (primary N) is 1. The van der Waals surface area contributed by atoms with Gasteiger partial charge in [0.15, 0.2) is 0 Å². The fourth-order valence-electron chi connectivity index (χ4n) is 2.47. The summed E-state index contributed by atoms with van der Waals surface area (Å²) in [5.74, 6) is 7.57. The van der Waals surface area contributed by atoms with E-state index in [1.165, 1.54) is 6.42 Å². The number of hydrogen-bond acceptors (Lipinski definition) is 2. The zero-order chi connectivity index (χ0) is 6.65. The molecule has 0 aromatic carbocycles. The van der Waals surface area contributed by atoms with E-state index in [0.717, 1.165) is 17.8 Å². The largest absolute Gasteiger partial charge is 0.298 e. The van der Waals surface area contributed by atoms with Gasteiger partial charge in [-0.15, -0.1) is 0 Å². The van der Waals surface area contributed by atoms with Crippen LogP contribution < -0.4 is 5.90 Å². The first-order valence-electron chi connectivity index (χ1n) is 3.58. The third kappa shape index (κ3) is 0.447. The molecule has 0 aliphatic heterocycles. The van der Waals surface area contributed by atoms with Crippen LogP contribution in [-0.2, 0) is 4.84 Å². The van der Waals surface area contributed by atoms with Gasteiger partial charge in [0.25, 0.3) is 0 Å². The van der Waals surface area contributed by atoms with Crippen LogP contribution in [0.3, 0.4) is 0 Å². The lowest BCUT2D eigenvalue weighted by atomic mass is 9.88. The molecule has 0 spiro atoms. The first-order valence-corrected chi connectivity index (χ1v) is 3.58. The molecule has 4 atom stereocenters. The summed E-state index contributed by atoms with van der Waals surface area (Å²) in [5.41, 5.74) is 0.0689. The Morgan fingerprint density at radius 1 is 1.67 bits per heavy atom. The van der Waals surface area contributed by atoms with Gasteiger partial charge in [-0.2, -0.15) is 0 Å². The van der Waals surface area contributed by atoms with Crippen molar-refractivity contribution in [1.29, 1.82) is 0 Å². The van der Waals surface area contributed by atoms with Crippen LogP contribution in [0.5, 0.6) is 0 Å². The van der Waals surface area contributed by atoms with Crippen LogP contribution in [0.1, 0.15) is 20.3 Å². The lowest BCUT2D eigenvalue weighted by Gasteiger charge is -2.16. The monoisotopic (exact) mass is 127 g/mol. The summed E-state index contributed by atoms with van der Waals surface area (Å²) in [6.07, 6.45) is 1.32. The molecule has 2 heteroatoms. The lowest BCUT2D eigenvalue weighted by Crippen LogP contribution is -2.17. The minimum atomic E-state index is 0.0689. The van der Waals surface area contributed by atoms with Gasteiger partial charge in [-0.3, -0.25) is 4.84 Å². The van der Waals surface area contributed by atoms with Crippen molar-refractivity contribution in [3.63, 3.8) is 0 Å². The molecule has 2 N–H and O–H groups in total. The maximum atomic E-state index is 5.15. The maximum Gasteiger partial charge on any atom is 0.0931 e. The van der Waals surface area contributed by atoms with E-state index in [9.17, 15) is 0 Å². The highest BCUT2D eigenvalue weighted by Crippen LogP contribution is 2.68. The van der Waals surface area contributed by atoms with Gasteiger partial charge in [-0.05, 0) is 31.1 Å². The highest BCUT2D eigenvalue weighted by atomic mass is 16.6. The average Bonchev–Trinajstić information content (AvgIpc) is 2.30. The smallest absolute Gasteiger partial charge is 0.0931 e. The Kier molecular flexibility index (Phi) is 0.837. The topological polar surface area (TPSA) is 35.2 Å². The summed E-state index contributed by atoms with van der Waals surface area (Å²) < 4.78 is 0. The Labute approximate surface area is 55.3 Å². The van der Waals surface area contributed by atoms with Gasteiger partial charge in [0.05, 0.1) is 5.60 Å². The fraction of sp³-hybridized carbons (Fsp3) is 1.00. The second kappa shape index (κ2) is 1.32. The fourth-order valence-corrected chi connectivity index (χ4v) is 2.47. The van der Waals surface area contributed by atoms with E-state index < -0.39 is 0 Å². The minimum Gasteiger partial charge on any atom is -0.298 e. The van der Waals surface area contributed by atoms with Crippen molar-refractivity contribution in [2.75, 3.05) is 0 Å². The molecule has 0 heterocycles. The third-order valence-electron chi connectivity index (χ3n) is 3.22. The van der Waals surface area contributed by atoms with Gasteiger partial charge in [0, 0.05) is 0 Å². The molecule has 9 heavy (non-hydrogen) atoms. The highest BCUT2D eigenvalue weighted by Gasteiger charge is 2.71. The van der Waals surface area contributed by atoms with Gasteiger partial charge < -0.3 is 0 Å². The normalized spacial score (nSPS) is 62.3. The molecule has 0 aromatic rings. The Morgan fingerprint density at radius 2 is 2.33 bits per heavy atom. The summed E-state index contributed by atoms with van der Waals surface area (Å²) in [6, 6.07) is 0. The molecule has 2 fully saturated rings. The summed E-state index contributed by atoms with van der Waals surface area (Å²) in [5, 5.41) is 0. The van der Waals surface area contributed by atoms with Crippen LogP contribution in [0.2, 0.25) is 0 Å². The number of hydrogen-bond donors (Lipinski definition) is 1. The Bertz CT molecular complexity index is 148. The van der Waals surface area contributed by atoms with Crippen molar-refractivity contribution in [2.45, 2.75) is 25.9 Å². The first-order chi connectivity index (χ1) is 4.20. The molecule has 2 saturated carbocycles. The van der Waals surface area contributed by atoms with Crippen molar-refractivity contribution in [1.82, 2.24) is 0 Å². The summed E-state index contributed by atoms with van der Waals surface area (Å²) in [6.45, 7) is 4.39. The molecule has 0 amide bonds. The molecule has 52 valence electrons. The highest BCUT2D eigenvalue weighted by molar-refractivity contribution is 5.19. The quantitative estimate of drug-likeness (QED) is 0.531. The zero-order valence-corrected chi connectivity index (χ0v) is 5.92. The van der Waals surface area contributed by atoms with Gasteiger partial charge >= 0.3 is 0 Å². The van der Waals surface area contributed by atoms with E-state index in [1.54, 1.807) is 0 Å². The van der Waals surface area contributed by atoms with Crippen LogP contribution in [0.25, 0.3) is 0 Å². The summed E-state index contributed by atoms with van der Waals surface area (Å²) >= 11 is 0. The summed E-state index contributed by atoms with van der Waals surface area (Å²) in [7, 11) is 0. The van der Waals surface area contributed by atoms with Crippen molar-refractivity contribution in [3.05, 3.63) is 0 Å². The van der Waals surface area contributed by atoms with Crippen LogP contribution in [-0.4, -0.2) is 5.60 Å². The molecule has 4 unspecified atom stereocenters. The van der Waals surface area contributed by atoms with Gasteiger partial charge in [-0.1, -0.05) is 6.92 Å². The Morgan fingerprint density at radius 3 is 2.44 bits per heavy atom. The van der Waals surface area contributed by atoms with E-state index in [1.807, 2.05) is 0 Å². The minimum absolute atomic E-state index is 0.0689. The Hall–Kier alpha value is -0.0800. The van der Waals surface area contributed by atoms with Crippen molar-refractivity contribution in [2.24, 2.45) is 23.7 Å². The SMILES string of the molecule is CC1CC2C1C2(C)ON. The standard InChI is InChI=1S/C7H13NO/c1-4-3-5-6(4)7(5,2)9-8/h4-6H,3,8H2,1-2H3. The van der Waals surface area contributed by atoms with E-state index >= 15 is 0 Å². The molecule has 2 aliphatic carbocycles. The zero-order valence-electron chi connectivity index (χ0n) is 5.92. The molecular formula is C7H13NO. The first kappa shape index (κ1) is 5.69. The molecule has 0 radical (unpaired) electrons. The molecule has 0 aromatic heterocycles. The van der Waals surface area contributed by atoms with Crippen LogP contribution in [0.4, 0.5) is 0 Å². The van der Waals surface area contributed by atoms with E-state index in [0.29, 0.717) is 0 Å². The molecular weight excluding hydrogens is 114 g/mol. The molecule has 0 saturated heterocycles. The average molecular weight is 127 g/mol. The third-order valence-corrected chi connectivity index (χ3v) is 3.22. The Balaban J connectivity index is 2.07. The van der Waals surface area contributed by atoms with Crippen LogP contribution in [0.15, 0.2) is 0 Å². The number of rotatable bonds is 1. The molecule has 2 nitrogen and oxygen atoms in total. The van der Waals surface area contributed by atoms with Crippen molar-refractivity contribution in [3.8, 4) is 0 Å². The molecule has 2 aliphatic rings. The molecule has 2 rings (SSSR count). The van der Waals surface area contributed by atoms with Crippen molar-refractivity contribution < 1.29 is 4.84 Å². The van der Waals surface area contributed by atoms with Crippen LogP contribution in [0, 0.1) is 17.8 Å². The van der Waals surface area contributed by atoms with E-state index in [4.69, 9.17) is 10.7 Å². The van der Waals surface area contributed by atoms with Crippen LogP contribution >= 0.6 is 0 Å². The van der Waals surface area contributed by atoms with Gasteiger partial charge in [-0.25, -0.2) is 5.90 Å². The van der Waals surface area contributed by atoms with E-state index in [-0.39, 0.29) is 5.60 Å². The predicted octanol–water partition coefficient (Wildman–Crippen LogP) is 0.921. The summed E-state index contributed by atoms with van der Waals surface area (Å²) in [4.78, 5) is 4.91. The van der Waals surface area contributed by atoms with E-state index in [2.05, 4.69) is 13.8 Å². The number of fused-ring (bicyclic) bond motifs is 1. The molecule has 0 bridgehead atoms. The van der Waals surface area contributed by atoms with Gasteiger partial charge in [0.1, 0.15) is 0 Å². The maximum absolute atomic E-state index is 5.15. The predicted molar refractivity (Wildman–Crippen MR) is 34.4 cm³/mol. The van der Waals surface area contributed by atoms with Crippen molar-refractivity contribution >= 4 is 0 Å². The second-order valence-corrected chi connectivity index (χ2v) is 3.65. The second-order valence-electron chi connectivity index (χ2n) is 3.65. The lowest BCUT2D eigenvalue weighted by molar-refractivity contribution is 0.0309.